The fourth-order valence-electron chi connectivity index (χ4n) is 1.85. The minimum atomic E-state index is -3.92. The molecule has 8 nitrogen and oxygen atoms in total. The van der Waals surface area contributed by atoms with Crippen LogP contribution in [0.25, 0.3) is 0 Å². The summed E-state index contributed by atoms with van der Waals surface area (Å²) in [5.74, 6) is -6.43. The highest BCUT2D eigenvalue weighted by Crippen LogP contribution is 2.31. The molecule has 1 atom stereocenters. The third-order valence-corrected chi connectivity index (χ3v) is 3.00. The second-order valence-corrected chi connectivity index (χ2v) is 7.16. The van der Waals surface area contributed by atoms with Gasteiger partial charge in [0.15, 0.2) is 12.6 Å². The number of alkyl halides is 2. The third kappa shape index (κ3) is 9.84. The second-order valence-electron chi connectivity index (χ2n) is 7.16. The molecule has 0 radical (unpaired) electrons. The van der Waals surface area contributed by atoms with Crippen molar-refractivity contribution in [3.63, 3.8) is 0 Å². The van der Waals surface area contributed by atoms with Crippen molar-refractivity contribution in [1.82, 2.24) is 5.32 Å². The average Bonchev–Trinajstić information content (AvgIpc) is 2.55. The summed E-state index contributed by atoms with van der Waals surface area (Å²) in [5, 5.41) is 1.86. The molecule has 0 aliphatic rings. The number of carbonyl (C=O) groups is 2. The van der Waals surface area contributed by atoms with Crippen molar-refractivity contribution in [2.45, 2.75) is 52.2 Å². The first-order valence-corrected chi connectivity index (χ1v) is 8.72. The van der Waals surface area contributed by atoms with Gasteiger partial charge < -0.3 is 29.0 Å². The van der Waals surface area contributed by atoms with Gasteiger partial charge in [-0.25, -0.2) is 9.59 Å². The summed E-state index contributed by atoms with van der Waals surface area (Å²) in [6, 6.07) is -2.35. The number of allylic oxidation sites excluding steroid dienone is 1. The van der Waals surface area contributed by atoms with Gasteiger partial charge in [0, 0.05) is 7.11 Å². The Hall–Kier alpha value is -1.94. The first-order valence-electron chi connectivity index (χ1n) is 8.72. The lowest BCUT2D eigenvalue weighted by atomic mass is 10.0. The Balaban J connectivity index is 5.50. The molecule has 0 heterocycles. The number of ether oxygens (including phenoxy) is 5. The summed E-state index contributed by atoms with van der Waals surface area (Å²) in [7, 11) is 2.40. The number of esters is 1. The standard InChI is InChI=1S/C18H31F2NO7/c1-12(2)10-13(27-11-26-9-8-24-6)18(19,20)14(15(22)25-7)21-16(23)28-17(3,4)5/h10,12,14H,8-9,11H2,1-7H3,(H,21,23)/b13-10-. The number of halogens is 2. The fraction of sp³-hybridized carbons (Fsp3) is 0.778. The Morgan fingerprint density at radius 3 is 2.18 bits per heavy atom. The zero-order chi connectivity index (χ0) is 22.0. The molecule has 1 amide bonds. The number of methoxy groups -OCH3 is 2. The maximum absolute atomic E-state index is 15.1. The number of carbonyl (C=O) groups excluding carboxylic acids is 2. The van der Waals surface area contributed by atoms with Crippen molar-refractivity contribution in [3.8, 4) is 0 Å². The van der Waals surface area contributed by atoms with Crippen LogP contribution >= 0.6 is 0 Å². The summed E-state index contributed by atoms with van der Waals surface area (Å²) < 4.78 is 54.4. The van der Waals surface area contributed by atoms with Crippen LogP contribution in [0.1, 0.15) is 34.6 Å². The summed E-state index contributed by atoms with van der Waals surface area (Å²) in [5.41, 5.74) is -0.942. The number of nitrogens with one attached hydrogen (secondary N) is 1. The van der Waals surface area contributed by atoms with E-state index < -0.39 is 42.2 Å². The number of hydrogen-bond donors (Lipinski definition) is 1. The van der Waals surface area contributed by atoms with Crippen LogP contribution in [-0.4, -0.2) is 63.9 Å². The number of rotatable bonds is 11. The van der Waals surface area contributed by atoms with E-state index in [4.69, 9.17) is 18.9 Å². The van der Waals surface area contributed by atoms with Gasteiger partial charge >= 0.3 is 18.0 Å². The van der Waals surface area contributed by atoms with Crippen LogP contribution in [-0.2, 0) is 28.5 Å². The van der Waals surface area contributed by atoms with Gasteiger partial charge in [0.25, 0.3) is 0 Å². The molecule has 1 N–H and O–H groups in total. The van der Waals surface area contributed by atoms with E-state index in [-0.39, 0.29) is 19.1 Å². The molecule has 1 unspecified atom stereocenters. The molecule has 0 aliphatic heterocycles. The van der Waals surface area contributed by atoms with Gasteiger partial charge in [-0.2, -0.15) is 8.78 Å². The molecule has 0 aromatic carbocycles. The van der Waals surface area contributed by atoms with E-state index in [9.17, 15) is 9.59 Å². The summed E-state index contributed by atoms with van der Waals surface area (Å²) >= 11 is 0. The predicted octanol–water partition coefficient (Wildman–Crippen LogP) is 2.87. The molecule has 0 saturated heterocycles. The van der Waals surface area contributed by atoms with Crippen molar-refractivity contribution in [1.29, 1.82) is 0 Å². The van der Waals surface area contributed by atoms with Crippen molar-refractivity contribution >= 4 is 12.1 Å². The van der Waals surface area contributed by atoms with Gasteiger partial charge in [0.05, 0.1) is 20.3 Å². The highest BCUT2D eigenvalue weighted by Gasteiger charge is 2.51. The molecule has 0 rings (SSSR count). The molecule has 0 aromatic heterocycles. The first-order chi connectivity index (χ1) is 12.8. The molecular formula is C18H31F2NO7. The highest BCUT2D eigenvalue weighted by atomic mass is 19.3. The Kier molecular flexibility index (Phi) is 11.0. The minimum Gasteiger partial charge on any atom is -0.467 e. The van der Waals surface area contributed by atoms with E-state index in [1.54, 1.807) is 34.6 Å². The highest BCUT2D eigenvalue weighted by molar-refractivity contribution is 5.83. The van der Waals surface area contributed by atoms with Crippen LogP contribution in [0.2, 0.25) is 0 Å². The number of alkyl carbamates (subject to hydrolysis) is 1. The maximum atomic E-state index is 15.1. The third-order valence-electron chi connectivity index (χ3n) is 3.00. The van der Waals surface area contributed by atoms with E-state index >= 15 is 8.78 Å². The Bertz CT molecular complexity index is 531. The molecule has 0 fully saturated rings. The molecule has 0 aromatic rings. The minimum absolute atomic E-state index is 0.133. The lowest BCUT2D eigenvalue weighted by Crippen LogP contribution is -2.55. The van der Waals surface area contributed by atoms with Crippen molar-refractivity contribution in [3.05, 3.63) is 11.8 Å². The Morgan fingerprint density at radius 1 is 1.11 bits per heavy atom. The topological polar surface area (TPSA) is 92.3 Å². The predicted molar refractivity (Wildman–Crippen MR) is 96.8 cm³/mol. The zero-order valence-electron chi connectivity index (χ0n) is 17.5. The van der Waals surface area contributed by atoms with Gasteiger partial charge in [-0.1, -0.05) is 13.8 Å². The fourth-order valence-corrected chi connectivity index (χ4v) is 1.85. The SMILES string of the molecule is COCCOCO/C(=C\C(C)C)C(F)(F)C(NC(=O)OC(C)(C)C)C(=O)OC. The van der Waals surface area contributed by atoms with Crippen LogP contribution < -0.4 is 5.32 Å². The van der Waals surface area contributed by atoms with E-state index in [1.165, 1.54) is 7.11 Å². The normalized spacial score (nSPS) is 13.9. The smallest absolute Gasteiger partial charge is 0.408 e. The zero-order valence-corrected chi connectivity index (χ0v) is 17.5. The largest absolute Gasteiger partial charge is 0.467 e. The summed E-state index contributed by atoms with van der Waals surface area (Å²) in [6.45, 7) is 7.88. The quantitative estimate of drug-likeness (QED) is 0.242. The van der Waals surface area contributed by atoms with Crippen LogP contribution in [0, 0.1) is 5.92 Å². The first kappa shape index (κ1) is 26.1. The van der Waals surface area contributed by atoms with Gasteiger partial charge in [-0.3, -0.25) is 0 Å². The van der Waals surface area contributed by atoms with E-state index in [0.717, 1.165) is 13.2 Å². The summed E-state index contributed by atoms with van der Waals surface area (Å²) in [6.07, 6.45) is -0.0605. The molecule has 0 bridgehead atoms. The second kappa shape index (κ2) is 11.8. The van der Waals surface area contributed by atoms with Gasteiger partial charge in [0.1, 0.15) is 5.60 Å². The van der Waals surface area contributed by atoms with E-state index in [2.05, 4.69) is 4.74 Å². The van der Waals surface area contributed by atoms with Crippen LogP contribution in [0.3, 0.4) is 0 Å². The van der Waals surface area contributed by atoms with Crippen molar-refractivity contribution < 1.29 is 42.1 Å². The van der Waals surface area contributed by atoms with Gasteiger partial charge in [0.2, 0.25) is 6.04 Å². The number of hydrogen-bond acceptors (Lipinski definition) is 7. The lowest BCUT2D eigenvalue weighted by molar-refractivity contribution is -0.157. The lowest BCUT2D eigenvalue weighted by Gasteiger charge is -2.29. The molecule has 28 heavy (non-hydrogen) atoms. The average molecular weight is 411 g/mol. The van der Waals surface area contributed by atoms with Crippen LogP contribution in [0.5, 0.6) is 0 Å². The number of amides is 1. The maximum Gasteiger partial charge on any atom is 0.408 e. The molecule has 0 saturated carbocycles. The van der Waals surface area contributed by atoms with E-state index in [1.807, 2.05) is 5.32 Å². The van der Waals surface area contributed by atoms with Crippen LogP contribution in [0.15, 0.2) is 11.8 Å². The Labute approximate surface area is 164 Å². The molecule has 164 valence electrons. The van der Waals surface area contributed by atoms with Gasteiger partial charge in [-0.15, -0.1) is 0 Å². The monoisotopic (exact) mass is 411 g/mol. The molecule has 0 aliphatic carbocycles. The Morgan fingerprint density at radius 2 is 1.71 bits per heavy atom. The molecule has 10 heteroatoms. The van der Waals surface area contributed by atoms with Crippen LogP contribution in [0.4, 0.5) is 13.6 Å². The van der Waals surface area contributed by atoms with Gasteiger partial charge in [-0.05, 0) is 32.8 Å². The molecule has 0 spiro atoms. The summed E-state index contributed by atoms with van der Waals surface area (Å²) in [4.78, 5) is 23.9. The van der Waals surface area contributed by atoms with Crippen molar-refractivity contribution in [2.75, 3.05) is 34.2 Å². The van der Waals surface area contributed by atoms with E-state index in [0.29, 0.717) is 0 Å². The molecular weight excluding hydrogens is 380 g/mol. The van der Waals surface area contributed by atoms with Crippen molar-refractivity contribution in [2.24, 2.45) is 5.92 Å².